The van der Waals surface area contributed by atoms with Gasteiger partial charge in [0.1, 0.15) is 11.3 Å². The molecule has 4 N–H and O–H groups in total. The van der Waals surface area contributed by atoms with Crippen molar-refractivity contribution in [3.8, 4) is 11.6 Å². The van der Waals surface area contributed by atoms with Gasteiger partial charge in [-0.1, -0.05) is 6.07 Å². The molecule has 1 aromatic carbocycles. The Morgan fingerprint density at radius 1 is 1.28 bits per heavy atom. The number of anilines is 1. The molecule has 0 aliphatic carbocycles. The van der Waals surface area contributed by atoms with Crippen molar-refractivity contribution < 1.29 is 9.53 Å². The summed E-state index contributed by atoms with van der Waals surface area (Å²) in [6, 6.07) is 8.48. The summed E-state index contributed by atoms with van der Waals surface area (Å²) in [6.07, 6.45) is 1.53. The number of aromatic nitrogens is 1. The van der Waals surface area contributed by atoms with Gasteiger partial charge in [-0.25, -0.2) is 4.98 Å². The van der Waals surface area contributed by atoms with E-state index in [0.29, 0.717) is 11.4 Å². The van der Waals surface area contributed by atoms with E-state index < -0.39 is 5.91 Å². The summed E-state index contributed by atoms with van der Waals surface area (Å²) in [5.41, 5.74) is 12.7. The molecule has 0 fully saturated rings. The zero-order valence-electron chi connectivity index (χ0n) is 9.88. The van der Waals surface area contributed by atoms with Crippen LogP contribution in [0.1, 0.15) is 15.9 Å². The van der Waals surface area contributed by atoms with Gasteiger partial charge in [-0.05, 0) is 31.2 Å². The first-order valence-corrected chi connectivity index (χ1v) is 5.37. The van der Waals surface area contributed by atoms with Crippen LogP contribution in [0.15, 0.2) is 36.5 Å². The molecule has 0 saturated heterocycles. The van der Waals surface area contributed by atoms with Gasteiger partial charge in [0.25, 0.3) is 5.91 Å². The van der Waals surface area contributed by atoms with Gasteiger partial charge in [-0.2, -0.15) is 0 Å². The van der Waals surface area contributed by atoms with Crippen molar-refractivity contribution in [2.24, 2.45) is 5.73 Å². The average molecular weight is 243 g/mol. The highest BCUT2D eigenvalue weighted by Crippen LogP contribution is 2.28. The van der Waals surface area contributed by atoms with Gasteiger partial charge in [0.15, 0.2) is 0 Å². The largest absolute Gasteiger partial charge is 0.438 e. The van der Waals surface area contributed by atoms with Crippen LogP contribution in [-0.4, -0.2) is 10.9 Å². The lowest BCUT2D eigenvalue weighted by Gasteiger charge is -2.11. The summed E-state index contributed by atoms with van der Waals surface area (Å²) >= 11 is 0. The lowest BCUT2D eigenvalue weighted by Crippen LogP contribution is -2.13. The zero-order valence-corrected chi connectivity index (χ0v) is 9.88. The maximum Gasteiger partial charge on any atom is 0.254 e. The topological polar surface area (TPSA) is 91.2 Å². The third kappa shape index (κ3) is 2.24. The Labute approximate surface area is 104 Å². The predicted octanol–water partition coefficient (Wildman–Crippen LogP) is 1.86. The van der Waals surface area contributed by atoms with E-state index in [-0.39, 0.29) is 11.4 Å². The van der Waals surface area contributed by atoms with Crippen LogP contribution in [0, 0.1) is 6.92 Å². The molecule has 0 bridgehead atoms. The van der Waals surface area contributed by atoms with Crippen molar-refractivity contribution in [1.29, 1.82) is 0 Å². The van der Waals surface area contributed by atoms with Crippen LogP contribution in [0.3, 0.4) is 0 Å². The molecule has 1 heterocycles. The summed E-state index contributed by atoms with van der Waals surface area (Å²) in [6.45, 7) is 1.83. The first kappa shape index (κ1) is 11.9. The van der Waals surface area contributed by atoms with Crippen LogP contribution in [-0.2, 0) is 0 Å². The van der Waals surface area contributed by atoms with Crippen LogP contribution in [0.25, 0.3) is 0 Å². The smallest absolute Gasteiger partial charge is 0.254 e. The number of nitrogen functional groups attached to an aromatic ring is 1. The van der Waals surface area contributed by atoms with Crippen LogP contribution in [0.5, 0.6) is 11.6 Å². The van der Waals surface area contributed by atoms with Crippen LogP contribution >= 0.6 is 0 Å². The predicted molar refractivity (Wildman–Crippen MR) is 68.4 cm³/mol. The Morgan fingerprint density at radius 3 is 2.78 bits per heavy atom. The minimum atomic E-state index is -0.584. The van der Waals surface area contributed by atoms with E-state index in [1.807, 2.05) is 6.92 Å². The summed E-state index contributed by atoms with van der Waals surface area (Å²) in [7, 11) is 0. The van der Waals surface area contributed by atoms with Crippen molar-refractivity contribution in [1.82, 2.24) is 4.98 Å². The molecule has 5 nitrogen and oxygen atoms in total. The van der Waals surface area contributed by atoms with Gasteiger partial charge in [0, 0.05) is 17.4 Å². The Bertz CT molecular complexity index is 597. The second kappa shape index (κ2) is 4.75. The molecular weight excluding hydrogens is 230 g/mol. The van der Waals surface area contributed by atoms with Crippen molar-refractivity contribution in [2.45, 2.75) is 6.92 Å². The first-order valence-electron chi connectivity index (χ1n) is 5.37. The molecule has 1 amide bonds. The van der Waals surface area contributed by atoms with Gasteiger partial charge < -0.3 is 16.2 Å². The van der Waals surface area contributed by atoms with Crippen LogP contribution in [0.4, 0.5) is 5.69 Å². The molecule has 0 aliphatic heterocycles. The van der Waals surface area contributed by atoms with E-state index in [9.17, 15) is 4.79 Å². The van der Waals surface area contributed by atoms with Gasteiger partial charge in [0.2, 0.25) is 5.88 Å². The van der Waals surface area contributed by atoms with Gasteiger partial charge in [0.05, 0.1) is 0 Å². The zero-order chi connectivity index (χ0) is 13.1. The second-order valence-corrected chi connectivity index (χ2v) is 3.79. The molecule has 0 saturated carbocycles. The molecule has 2 rings (SSSR count). The van der Waals surface area contributed by atoms with E-state index in [1.165, 1.54) is 6.20 Å². The number of hydrogen-bond acceptors (Lipinski definition) is 4. The highest BCUT2D eigenvalue weighted by molar-refractivity contribution is 5.95. The molecule has 92 valence electrons. The quantitative estimate of drug-likeness (QED) is 0.805. The number of carbonyl (C=O) groups excluding carboxylic acids is 1. The summed E-state index contributed by atoms with van der Waals surface area (Å²) in [4.78, 5) is 15.2. The highest BCUT2D eigenvalue weighted by atomic mass is 16.5. The van der Waals surface area contributed by atoms with Crippen LogP contribution in [0.2, 0.25) is 0 Å². The third-order valence-electron chi connectivity index (χ3n) is 2.57. The number of pyridine rings is 1. The fraction of sp³-hybridized carbons (Fsp3) is 0.0769. The second-order valence-electron chi connectivity index (χ2n) is 3.79. The maximum absolute atomic E-state index is 11.2. The molecule has 18 heavy (non-hydrogen) atoms. The molecular formula is C13H13N3O2. The van der Waals surface area contributed by atoms with Crippen molar-refractivity contribution >= 4 is 11.6 Å². The van der Waals surface area contributed by atoms with Crippen molar-refractivity contribution in [3.05, 3.63) is 47.7 Å². The minimum Gasteiger partial charge on any atom is -0.438 e. The lowest BCUT2D eigenvalue weighted by atomic mass is 10.2. The van der Waals surface area contributed by atoms with E-state index in [1.54, 1.807) is 30.3 Å². The number of nitrogens with zero attached hydrogens (tertiary/aromatic N) is 1. The average Bonchev–Trinajstić information content (AvgIpc) is 2.35. The standard InChI is InChI=1S/C13H13N3O2/c1-8-10(14)5-2-6-11(8)18-13-9(12(15)17)4-3-7-16-13/h2-7H,14H2,1H3,(H2,15,17). The van der Waals surface area contributed by atoms with Crippen molar-refractivity contribution in [3.63, 3.8) is 0 Å². The van der Waals surface area contributed by atoms with Gasteiger partial charge >= 0.3 is 0 Å². The number of nitrogens with two attached hydrogens (primary N) is 2. The summed E-state index contributed by atoms with van der Waals surface area (Å²) in [5.74, 6) is 0.148. The number of rotatable bonds is 3. The molecule has 1 aromatic heterocycles. The van der Waals surface area contributed by atoms with Crippen molar-refractivity contribution in [2.75, 3.05) is 5.73 Å². The van der Waals surface area contributed by atoms with E-state index in [2.05, 4.69) is 4.98 Å². The molecule has 2 aromatic rings. The Morgan fingerprint density at radius 2 is 2.06 bits per heavy atom. The Balaban J connectivity index is 2.40. The number of carbonyl (C=O) groups is 1. The summed E-state index contributed by atoms with van der Waals surface area (Å²) in [5, 5.41) is 0. The number of amides is 1. The van der Waals surface area contributed by atoms with Gasteiger partial charge in [-0.3, -0.25) is 4.79 Å². The SMILES string of the molecule is Cc1c(N)cccc1Oc1ncccc1C(N)=O. The maximum atomic E-state index is 11.2. The monoisotopic (exact) mass is 243 g/mol. The van der Waals surface area contributed by atoms with Gasteiger partial charge in [-0.15, -0.1) is 0 Å². The molecule has 0 atom stereocenters. The summed E-state index contributed by atoms with van der Waals surface area (Å²) < 4.78 is 5.59. The van der Waals surface area contributed by atoms with E-state index in [4.69, 9.17) is 16.2 Å². The number of hydrogen-bond donors (Lipinski definition) is 2. The highest BCUT2D eigenvalue weighted by Gasteiger charge is 2.12. The first-order chi connectivity index (χ1) is 8.59. The Kier molecular flexibility index (Phi) is 3.14. The lowest BCUT2D eigenvalue weighted by molar-refractivity contribution is 0.0997. The third-order valence-corrected chi connectivity index (χ3v) is 2.57. The normalized spacial score (nSPS) is 10.1. The molecule has 0 radical (unpaired) electrons. The van der Waals surface area contributed by atoms with E-state index >= 15 is 0 Å². The fourth-order valence-corrected chi connectivity index (χ4v) is 1.51. The number of ether oxygens (including phenoxy) is 1. The number of primary amides is 1. The fourth-order valence-electron chi connectivity index (χ4n) is 1.51. The molecule has 0 spiro atoms. The minimum absolute atomic E-state index is 0.179. The van der Waals surface area contributed by atoms with E-state index in [0.717, 1.165) is 5.56 Å². The Hall–Kier alpha value is -2.56. The van der Waals surface area contributed by atoms with Crippen LogP contribution < -0.4 is 16.2 Å². The molecule has 0 aliphatic rings. The number of benzene rings is 1. The molecule has 0 unspecified atom stereocenters. The molecule has 5 heteroatoms.